The fraction of sp³-hybridized carbons (Fsp3) is 0.571. The topological polar surface area (TPSA) is 49.4 Å². The molecule has 3 nitrogen and oxygen atoms in total. The van der Waals surface area contributed by atoms with Crippen LogP contribution < -0.4 is 5.11 Å². The minimum atomic E-state index is -0.569. The number of methoxy groups -OCH3 is 1. The van der Waals surface area contributed by atoms with Crippen LogP contribution in [0.1, 0.15) is 0 Å². The molecule has 0 spiro atoms. The lowest BCUT2D eigenvalue weighted by Crippen LogP contribution is -2.16. The summed E-state index contributed by atoms with van der Waals surface area (Å²) in [7, 11) is 1.30. The Morgan fingerprint density at radius 1 is 1.64 bits per heavy atom. The summed E-state index contributed by atoms with van der Waals surface area (Å²) < 4.78 is 4.29. The van der Waals surface area contributed by atoms with Crippen LogP contribution in [0.4, 0.5) is 0 Å². The molecule has 64 valence electrons. The highest BCUT2D eigenvalue weighted by Gasteiger charge is 2.01. The Morgan fingerprint density at radius 2 is 2.18 bits per heavy atom. The molecule has 0 aliphatic heterocycles. The van der Waals surface area contributed by atoms with E-state index in [0.29, 0.717) is 5.75 Å². The molecule has 0 aromatic heterocycles. The predicted molar refractivity (Wildman–Crippen MR) is 44.2 cm³/mol. The molecule has 0 N–H and O–H groups in total. The van der Waals surface area contributed by atoms with Gasteiger partial charge >= 0.3 is 5.97 Å². The van der Waals surface area contributed by atoms with Gasteiger partial charge in [0, 0.05) is 6.08 Å². The van der Waals surface area contributed by atoms with Crippen molar-refractivity contribution in [3.05, 3.63) is 11.8 Å². The van der Waals surface area contributed by atoms with E-state index in [4.69, 9.17) is 0 Å². The van der Waals surface area contributed by atoms with Crippen molar-refractivity contribution < 1.29 is 14.6 Å². The molecule has 0 aliphatic rings. The Balaban J connectivity index is 3.90. The number of carbonyl (C=O) groups excluding carboxylic acids is 1. The van der Waals surface area contributed by atoms with E-state index < -0.39 is 5.97 Å². The summed E-state index contributed by atoms with van der Waals surface area (Å²) in [5.41, 5.74) is 0. The van der Waals surface area contributed by atoms with Gasteiger partial charge in [-0.25, -0.2) is 4.79 Å². The number of hydrogen-bond acceptors (Lipinski definition) is 3. The largest absolute Gasteiger partial charge is 0.872 e. The summed E-state index contributed by atoms with van der Waals surface area (Å²) in [6, 6.07) is 0. The van der Waals surface area contributed by atoms with Crippen LogP contribution in [0.15, 0.2) is 11.8 Å². The van der Waals surface area contributed by atoms with Crippen LogP contribution in [-0.2, 0) is 20.4 Å². The van der Waals surface area contributed by atoms with Crippen molar-refractivity contribution in [2.24, 2.45) is 0 Å². The second-order valence-electron chi connectivity index (χ2n) is 2.26. The highest BCUT2D eigenvalue weighted by atomic mass is 32.2. The van der Waals surface area contributed by atoms with Crippen molar-refractivity contribution in [1.29, 1.82) is 0 Å². The van der Waals surface area contributed by atoms with Gasteiger partial charge in [0.15, 0.2) is 0 Å². The maximum Gasteiger partial charge on any atom is 0.329 e. The van der Waals surface area contributed by atoms with E-state index in [0.717, 1.165) is 6.08 Å². The zero-order chi connectivity index (χ0) is 8.85. The summed E-state index contributed by atoms with van der Waals surface area (Å²) in [5, 5.41) is 10.9. The molecule has 0 amide bonds. The van der Waals surface area contributed by atoms with E-state index in [-0.39, 0.29) is 16.7 Å². The molecule has 0 unspecified atom stereocenters. The van der Waals surface area contributed by atoms with E-state index in [9.17, 15) is 9.90 Å². The number of esters is 1. The van der Waals surface area contributed by atoms with E-state index in [1.54, 1.807) is 0 Å². The van der Waals surface area contributed by atoms with Crippen LogP contribution >= 0.6 is 0 Å². The molecule has 0 bridgehead atoms. The van der Waals surface area contributed by atoms with Crippen molar-refractivity contribution in [2.45, 2.75) is 0 Å². The number of carbonyl (C=O) groups is 1. The Bertz CT molecular complexity index is 163. The molecule has 0 radical (unpaired) electrons. The molecular formula is C7H12O3S. The summed E-state index contributed by atoms with van der Waals surface area (Å²) in [4.78, 5) is 10.5. The fourth-order valence-corrected chi connectivity index (χ4v) is 1.17. The molecule has 0 saturated heterocycles. The third-order valence-corrected chi connectivity index (χ3v) is 1.77. The smallest absolute Gasteiger partial charge is 0.329 e. The van der Waals surface area contributed by atoms with Crippen LogP contribution in [-0.4, -0.2) is 31.3 Å². The molecule has 4 heteroatoms. The van der Waals surface area contributed by atoms with Crippen LogP contribution in [0.5, 0.6) is 0 Å². The predicted octanol–water partition coefficient (Wildman–Crippen LogP) is -0.719. The van der Waals surface area contributed by atoms with Crippen molar-refractivity contribution in [3.63, 3.8) is 0 Å². The molecule has 11 heavy (non-hydrogen) atoms. The zero-order valence-electron chi connectivity index (χ0n) is 6.92. The van der Waals surface area contributed by atoms with Gasteiger partial charge < -0.3 is 9.84 Å². The van der Waals surface area contributed by atoms with Gasteiger partial charge in [0.25, 0.3) is 0 Å². The second-order valence-corrected chi connectivity index (χ2v) is 4.52. The normalized spacial score (nSPS) is 11.8. The average Bonchev–Trinajstić information content (AvgIpc) is 1.85. The van der Waals surface area contributed by atoms with E-state index >= 15 is 0 Å². The minimum absolute atomic E-state index is 0.0474. The van der Waals surface area contributed by atoms with Gasteiger partial charge in [-0.05, 0) is 10.9 Å². The number of hydrogen-bond donors (Lipinski definition) is 0. The molecule has 0 rings (SSSR count). The lowest BCUT2D eigenvalue weighted by Gasteiger charge is -2.07. The van der Waals surface area contributed by atoms with E-state index in [1.807, 2.05) is 12.5 Å². The molecule has 0 fully saturated rings. The van der Waals surface area contributed by atoms with Crippen LogP contribution in [0, 0.1) is 0 Å². The lowest BCUT2D eigenvalue weighted by molar-refractivity contribution is -0.300. The van der Waals surface area contributed by atoms with Gasteiger partial charge in [-0.15, -0.1) is 0 Å². The highest BCUT2D eigenvalue weighted by molar-refractivity contribution is 7.95. The Kier molecular flexibility index (Phi) is 4.77. The first-order chi connectivity index (χ1) is 5.06. The third kappa shape index (κ3) is 5.79. The Morgan fingerprint density at radius 3 is 2.55 bits per heavy atom. The SMILES string of the molecule is COC(=O)/C=C(\[O-])C[S+](C)C. The zero-order valence-corrected chi connectivity index (χ0v) is 7.73. The Hall–Kier alpha value is -0.640. The van der Waals surface area contributed by atoms with Crippen LogP contribution in [0.25, 0.3) is 0 Å². The fourth-order valence-electron chi connectivity index (χ4n) is 0.517. The van der Waals surface area contributed by atoms with E-state index in [2.05, 4.69) is 4.74 Å². The quantitative estimate of drug-likeness (QED) is 0.247. The van der Waals surface area contributed by atoms with Gasteiger partial charge in [-0.3, -0.25) is 0 Å². The third-order valence-electron chi connectivity index (χ3n) is 0.911. The molecule has 0 aliphatic carbocycles. The molecule has 0 heterocycles. The second kappa shape index (κ2) is 5.07. The molecule has 0 atom stereocenters. The number of rotatable bonds is 3. The van der Waals surface area contributed by atoms with Crippen molar-refractivity contribution in [3.8, 4) is 0 Å². The summed E-state index contributed by atoms with van der Waals surface area (Å²) in [6.45, 7) is 0. The molecular weight excluding hydrogens is 164 g/mol. The maximum atomic E-state index is 10.9. The average molecular weight is 176 g/mol. The molecule has 0 saturated carbocycles. The van der Waals surface area contributed by atoms with Crippen molar-refractivity contribution in [1.82, 2.24) is 0 Å². The minimum Gasteiger partial charge on any atom is -0.872 e. The molecule has 0 aromatic rings. The van der Waals surface area contributed by atoms with Gasteiger partial charge in [0.1, 0.15) is 5.75 Å². The van der Waals surface area contributed by atoms with E-state index in [1.165, 1.54) is 7.11 Å². The summed E-state index contributed by atoms with van der Waals surface area (Å²) in [6.07, 6.45) is 4.89. The van der Waals surface area contributed by atoms with Gasteiger partial charge in [-0.1, -0.05) is 5.76 Å². The molecule has 0 aromatic carbocycles. The monoisotopic (exact) mass is 176 g/mol. The first-order valence-corrected chi connectivity index (χ1v) is 5.27. The van der Waals surface area contributed by atoms with Crippen LogP contribution in [0.2, 0.25) is 0 Å². The standard InChI is InChI=1S/C7H12O3S/c1-10-7(9)4-6(8)5-11(2)3/h4H,5H2,1-3H3. The summed E-state index contributed by atoms with van der Waals surface area (Å²) >= 11 is 0. The first-order valence-electron chi connectivity index (χ1n) is 3.06. The van der Waals surface area contributed by atoms with Gasteiger partial charge in [0.2, 0.25) is 0 Å². The summed E-state index contributed by atoms with van der Waals surface area (Å²) in [5.74, 6) is -0.305. The maximum absolute atomic E-state index is 10.9. The number of ether oxygens (including phenoxy) is 1. The van der Waals surface area contributed by atoms with Gasteiger partial charge in [-0.2, -0.15) is 0 Å². The lowest BCUT2D eigenvalue weighted by atomic mass is 10.5. The van der Waals surface area contributed by atoms with Crippen LogP contribution in [0.3, 0.4) is 0 Å². The highest BCUT2D eigenvalue weighted by Crippen LogP contribution is 1.92. The van der Waals surface area contributed by atoms with Crippen molar-refractivity contribution in [2.75, 3.05) is 25.4 Å². The Labute approximate surface area is 69.4 Å². The first kappa shape index (κ1) is 10.4. The van der Waals surface area contributed by atoms with Gasteiger partial charge in [0.05, 0.1) is 19.6 Å². The van der Waals surface area contributed by atoms with Crippen molar-refractivity contribution >= 4 is 16.9 Å².